The average molecular weight is 109 g/mol. The van der Waals surface area contributed by atoms with Crippen LogP contribution in [0.15, 0.2) is 0 Å². The lowest BCUT2D eigenvalue weighted by Crippen LogP contribution is -2.08. The van der Waals surface area contributed by atoms with Crippen LogP contribution in [0.3, 0.4) is 0 Å². The Balaban J connectivity index is 1.79. The summed E-state index contributed by atoms with van der Waals surface area (Å²) in [6, 6.07) is 0. The Bertz CT molecular complexity index is 94.7. The Morgan fingerprint density at radius 1 is 1.38 bits per heavy atom. The zero-order valence-corrected chi connectivity index (χ0v) is 5.14. The zero-order valence-electron chi connectivity index (χ0n) is 5.14. The summed E-state index contributed by atoms with van der Waals surface area (Å²) in [6.07, 6.45) is 3.93. The highest BCUT2D eigenvalue weighted by molar-refractivity contribution is 6.39. The number of rotatable bonds is 2. The van der Waals surface area contributed by atoms with Gasteiger partial charge in [-0.05, 0) is 18.3 Å². The lowest BCUT2D eigenvalue weighted by molar-refractivity contribution is 0.468. The van der Waals surface area contributed by atoms with Crippen LogP contribution in [0.1, 0.15) is 12.8 Å². The van der Waals surface area contributed by atoms with Crippen molar-refractivity contribution in [1.82, 2.24) is 0 Å². The first-order chi connectivity index (χ1) is 3.93. The molecule has 0 radical (unpaired) electrons. The van der Waals surface area contributed by atoms with Crippen LogP contribution in [0.5, 0.6) is 0 Å². The molecule has 44 valence electrons. The minimum atomic E-state index is 0.914. The molecular formula is C6H12BN. The summed E-state index contributed by atoms with van der Waals surface area (Å²) in [7, 11) is 1.30. The van der Waals surface area contributed by atoms with Crippen molar-refractivity contribution < 1.29 is 0 Å². The van der Waals surface area contributed by atoms with Gasteiger partial charge < -0.3 is 5.73 Å². The van der Waals surface area contributed by atoms with Crippen LogP contribution in [0, 0.1) is 11.8 Å². The first kappa shape index (κ1) is 4.86. The van der Waals surface area contributed by atoms with Crippen molar-refractivity contribution in [1.29, 1.82) is 0 Å². The minimum Gasteiger partial charge on any atom is -0.338 e. The van der Waals surface area contributed by atoms with Crippen molar-refractivity contribution in [3.8, 4) is 0 Å². The largest absolute Gasteiger partial charge is 0.338 e. The Labute approximate surface area is 50.9 Å². The Morgan fingerprint density at radius 2 is 2.00 bits per heavy atom. The van der Waals surface area contributed by atoms with E-state index in [4.69, 9.17) is 5.73 Å². The van der Waals surface area contributed by atoms with E-state index in [1.807, 2.05) is 0 Å². The third-order valence-electron chi connectivity index (χ3n) is 2.84. The van der Waals surface area contributed by atoms with Gasteiger partial charge in [-0.1, -0.05) is 18.7 Å². The number of hydrogen-bond donors (Lipinski definition) is 1. The highest BCUT2D eigenvalue weighted by Crippen LogP contribution is 2.65. The van der Waals surface area contributed by atoms with Crippen LogP contribution in [-0.4, -0.2) is 13.7 Å². The van der Waals surface area contributed by atoms with Crippen molar-refractivity contribution in [2.75, 3.05) is 6.44 Å². The van der Waals surface area contributed by atoms with Crippen LogP contribution in [0.2, 0.25) is 5.82 Å². The number of nitrogens with two attached hydrogens (primary N) is 1. The molecule has 0 heterocycles. The van der Waals surface area contributed by atoms with Crippen LogP contribution >= 0.6 is 0 Å². The summed E-state index contributed by atoms with van der Waals surface area (Å²) in [5.41, 5.74) is 5.42. The van der Waals surface area contributed by atoms with E-state index in [1.165, 1.54) is 20.1 Å². The molecule has 2 aliphatic carbocycles. The quantitative estimate of drug-likeness (QED) is 0.502. The third-order valence-corrected chi connectivity index (χ3v) is 2.84. The summed E-state index contributed by atoms with van der Waals surface area (Å²) < 4.78 is 0. The summed E-state index contributed by atoms with van der Waals surface area (Å²) in [4.78, 5) is 0. The SMILES string of the molecule is NCBC1C2CCC12. The molecule has 2 fully saturated rings. The van der Waals surface area contributed by atoms with Gasteiger partial charge in [0.1, 0.15) is 7.28 Å². The fourth-order valence-corrected chi connectivity index (χ4v) is 2.12. The minimum absolute atomic E-state index is 0.914. The van der Waals surface area contributed by atoms with E-state index in [0.717, 1.165) is 24.1 Å². The molecule has 0 spiro atoms. The van der Waals surface area contributed by atoms with Gasteiger partial charge in [-0.15, -0.1) is 0 Å². The highest BCUT2D eigenvalue weighted by Gasteiger charge is 2.55. The highest BCUT2D eigenvalue weighted by atomic mass is 14.6. The van der Waals surface area contributed by atoms with Gasteiger partial charge in [0.2, 0.25) is 0 Å². The molecular weight excluding hydrogens is 96.9 g/mol. The van der Waals surface area contributed by atoms with E-state index in [1.54, 1.807) is 0 Å². The second-order valence-corrected chi connectivity index (χ2v) is 3.15. The molecule has 0 aromatic heterocycles. The topological polar surface area (TPSA) is 26.0 Å². The fraction of sp³-hybridized carbons (Fsp3) is 1.00. The van der Waals surface area contributed by atoms with E-state index in [9.17, 15) is 0 Å². The van der Waals surface area contributed by atoms with Crippen LogP contribution in [0.4, 0.5) is 0 Å². The van der Waals surface area contributed by atoms with Gasteiger partial charge >= 0.3 is 0 Å². The first-order valence-corrected chi connectivity index (χ1v) is 3.63. The molecule has 0 aromatic rings. The smallest absolute Gasteiger partial charge is 0.141 e. The maximum atomic E-state index is 5.42. The Kier molecular flexibility index (Phi) is 0.914. The molecule has 8 heavy (non-hydrogen) atoms. The van der Waals surface area contributed by atoms with Gasteiger partial charge in [-0.2, -0.15) is 0 Å². The maximum absolute atomic E-state index is 5.42. The second kappa shape index (κ2) is 1.50. The molecule has 0 amide bonds. The van der Waals surface area contributed by atoms with Crippen molar-refractivity contribution in [3.05, 3.63) is 0 Å². The third kappa shape index (κ3) is 0.468. The molecule has 2 rings (SSSR count). The van der Waals surface area contributed by atoms with E-state index < -0.39 is 0 Å². The predicted octanol–water partition coefficient (Wildman–Crippen LogP) is 0.167. The van der Waals surface area contributed by atoms with Gasteiger partial charge in [0.25, 0.3) is 0 Å². The van der Waals surface area contributed by atoms with E-state index in [0.29, 0.717) is 0 Å². The molecule has 0 saturated heterocycles. The molecule has 2 saturated carbocycles. The van der Waals surface area contributed by atoms with Crippen molar-refractivity contribution in [3.63, 3.8) is 0 Å². The van der Waals surface area contributed by atoms with Crippen molar-refractivity contribution in [2.45, 2.75) is 18.7 Å². The fourth-order valence-electron chi connectivity index (χ4n) is 2.12. The van der Waals surface area contributed by atoms with Gasteiger partial charge in [0.15, 0.2) is 0 Å². The van der Waals surface area contributed by atoms with Crippen molar-refractivity contribution in [2.24, 2.45) is 17.6 Å². The summed E-state index contributed by atoms with van der Waals surface area (Å²) in [6.45, 7) is 0. The summed E-state index contributed by atoms with van der Waals surface area (Å²) in [5.74, 6) is 3.34. The monoisotopic (exact) mass is 109 g/mol. The van der Waals surface area contributed by atoms with Gasteiger partial charge in [0.05, 0.1) is 0 Å². The first-order valence-electron chi connectivity index (χ1n) is 3.63. The zero-order chi connectivity index (χ0) is 5.56. The van der Waals surface area contributed by atoms with E-state index in [2.05, 4.69) is 0 Å². The van der Waals surface area contributed by atoms with E-state index >= 15 is 0 Å². The van der Waals surface area contributed by atoms with Crippen LogP contribution in [-0.2, 0) is 0 Å². The molecule has 2 heteroatoms. The average Bonchev–Trinajstić information content (AvgIpc) is 2.07. The lowest BCUT2D eigenvalue weighted by Gasteiger charge is -2.05. The molecule has 1 nitrogen and oxygen atoms in total. The van der Waals surface area contributed by atoms with Crippen LogP contribution < -0.4 is 5.73 Å². The summed E-state index contributed by atoms with van der Waals surface area (Å²) in [5, 5.41) is 0. The summed E-state index contributed by atoms with van der Waals surface area (Å²) >= 11 is 0. The lowest BCUT2D eigenvalue weighted by atomic mass is 9.71. The molecule has 0 aromatic carbocycles. The molecule has 2 aliphatic rings. The number of fused-ring (bicyclic) bond motifs is 1. The molecule has 2 atom stereocenters. The second-order valence-electron chi connectivity index (χ2n) is 3.15. The van der Waals surface area contributed by atoms with Gasteiger partial charge in [-0.25, -0.2) is 0 Å². The molecule has 2 N–H and O–H groups in total. The number of hydrogen-bond acceptors (Lipinski definition) is 1. The normalized spacial score (nSPS) is 49.4. The van der Waals surface area contributed by atoms with Gasteiger partial charge in [-0.3, -0.25) is 0 Å². The molecule has 0 aliphatic heterocycles. The Morgan fingerprint density at radius 3 is 2.38 bits per heavy atom. The van der Waals surface area contributed by atoms with Crippen LogP contribution in [0.25, 0.3) is 0 Å². The predicted molar refractivity (Wildman–Crippen MR) is 36.2 cm³/mol. The standard InChI is InChI=1S/C6H12BN/c8-3-7-6-4-1-2-5(4)6/h4-7H,1-3,8H2. The maximum Gasteiger partial charge on any atom is 0.141 e. The van der Waals surface area contributed by atoms with E-state index in [-0.39, 0.29) is 0 Å². The Hall–Kier alpha value is 0.0249. The van der Waals surface area contributed by atoms with Gasteiger partial charge in [0, 0.05) is 0 Å². The molecule has 2 unspecified atom stereocenters. The van der Waals surface area contributed by atoms with Crippen molar-refractivity contribution >= 4 is 7.28 Å². The molecule has 0 bridgehead atoms.